The van der Waals surface area contributed by atoms with E-state index in [1.165, 1.54) is 0 Å². The topological polar surface area (TPSA) is 90.3 Å². The number of ether oxygens (including phenoxy) is 1. The minimum absolute atomic E-state index is 0.0137. The summed E-state index contributed by atoms with van der Waals surface area (Å²) >= 11 is 2.26. The fourth-order valence-corrected chi connectivity index (χ4v) is 7.04. The average molecular weight is 669 g/mol. The summed E-state index contributed by atoms with van der Waals surface area (Å²) in [5.41, 5.74) is 0.975. The normalized spacial score (nSPS) is 23.7. The second-order valence-electron chi connectivity index (χ2n) is 11.6. The smallest absolute Gasteiger partial charge is 0.264 e. The highest BCUT2D eigenvalue weighted by molar-refractivity contribution is 14.1. The van der Waals surface area contributed by atoms with Crippen molar-refractivity contribution < 1.29 is 24.5 Å². The van der Waals surface area contributed by atoms with Gasteiger partial charge in [-0.2, -0.15) is 0 Å². The van der Waals surface area contributed by atoms with Gasteiger partial charge >= 0.3 is 0 Å². The average Bonchev–Trinajstić information content (AvgIpc) is 3.37. The fourth-order valence-electron chi connectivity index (χ4n) is 6.68. The lowest BCUT2D eigenvalue weighted by atomic mass is 9.71. The molecule has 41 heavy (non-hydrogen) atoms. The first-order valence-corrected chi connectivity index (χ1v) is 15.1. The lowest BCUT2D eigenvalue weighted by Gasteiger charge is -2.34. The van der Waals surface area contributed by atoms with Crippen molar-refractivity contribution in [3.05, 3.63) is 99.1 Å². The number of hydrogen-bond acceptors (Lipinski definition) is 5. The zero-order chi connectivity index (χ0) is 29.4. The predicted octanol–water partition coefficient (Wildman–Crippen LogP) is 4.87. The summed E-state index contributed by atoms with van der Waals surface area (Å²) in [5.74, 6) is -1.27. The molecule has 0 radical (unpaired) electrons. The first-order chi connectivity index (χ1) is 19.6. The van der Waals surface area contributed by atoms with Gasteiger partial charge < -0.3 is 24.7 Å². The van der Waals surface area contributed by atoms with E-state index in [-0.39, 0.29) is 31.4 Å². The molecule has 5 rings (SSSR count). The maximum Gasteiger partial charge on any atom is 0.264 e. The summed E-state index contributed by atoms with van der Waals surface area (Å²) in [5, 5.41) is 21.1. The van der Waals surface area contributed by atoms with Crippen LogP contribution in [0.4, 0.5) is 5.69 Å². The number of para-hydroxylation sites is 1. The molecule has 1 saturated heterocycles. The first kappa shape index (κ1) is 29.7. The Hall–Kier alpha value is -2.79. The number of benzene rings is 3. The van der Waals surface area contributed by atoms with Crippen molar-refractivity contribution in [2.24, 2.45) is 11.8 Å². The van der Waals surface area contributed by atoms with Gasteiger partial charge in [-0.05, 0) is 65.8 Å². The molecule has 8 heteroatoms. The molecule has 2 N–H and O–H groups in total. The zero-order valence-corrected chi connectivity index (χ0v) is 25.8. The van der Waals surface area contributed by atoms with E-state index in [1.807, 2.05) is 85.8 Å². The molecule has 0 aromatic heterocycles. The first-order valence-electron chi connectivity index (χ1n) is 14.0. The largest absolute Gasteiger partial charge is 0.395 e. The number of aliphatic hydroxyl groups excluding tert-OH is 1. The number of aliphatic hydroxyl groups is 2. The highest BCUT2D eigenvalue weighted by Gasteiger charge is 2.66. The number of carbonyl (C=O) groups is 2. The molecule has 0 unspecified atom stereocenters. The molecular weight excluding hydrogens is 631 g/mol. The van der Waals surface area contributed by atoms with Crippen LogP contribution in [0.5, 0.6) is 0 Å². The molecule has 2 aliphatic heterocycles. The maximum atomic E-state index is 14.4. The Balaban J connectivity index is 1.48. The monoisotopic (exact) mass is 668 g/mol. The second-order valence-corrected chi connectivity index (χ2v) is 12.9. The molecule has 3 aromatic rings. The molecule has 3 aromatic carbocycles. The number of carbonyl (C=O) groups excluding carboxylic acids is 2. The number of hydrogen-bond donors (Lipinski definition) is 2. The molecule has 0 aliphatic carbocycles. The van der Waals surface area contributed by atoms with E-state index < -0.39 is 29.1 Å². The van der Waals surface area contributed by atoms with E-state index in [1.54, 1.807) is 23.6 Å². The molecule has 1 spiro atoms. The van der Waals surface area contributed by atoms with E-state index in [0.29, 0.717) is 13.1 Å². The Morgan fingerprint density at radius 2 is 1.68 bits per heavy atom. The van der Waals surface area contributed by atoms with Crippen LogP contribution in [-0.4, -0.2) is 51.8 Å². The van der Waals surface area contributed by atoms with Gasteiger partial charge in [0.15, 0.2) is 5.60 Å². The van der Waals surface area contributed by atoms with Gasteiger partial charge in [-0.15, -0.1) is 0 Å². The fraction of sp³-hybridized carbons (Fsp3) is 0.394. The van der Waals surface area contributed by atoms with Crippen LogP contribution in [0, 0.1) is 15.4 Å². The van der Waals surface area contributed by atoms with Crippen LogP contribution in [-0.2, 0) is 33.0 Å². The van der Waals surface area contributed by atoms with Crippen molar-refractivity contribution in [1.29, 1.82) is 0 Å². The quantitative estimate of drug-likeness (QED) is 0.318. The third kappa shape index (κ3) is 5.67. The van der Waals surface area contributed by atoms with Gasteiger partial charge in [0.25, 0.3) is 5.91 Å². The van der Waals surface area contributed by atoms with Gasteiger partial charge in [0.2, 0.25) is 5.91 Å². The summed E-state index contributed by atoms with van der Waals surface area (Å²) in [4.78, 5) is 31.5. The summed E-state index contributed by atoms with van der Waals surface area (Å²) < 4.78 is 7.89. The number of rotatable bonds is 9. The summed E-state index contributed by atoms with van der Waals surface area (Å²) in [6, 6.07) is 25.4. The lowest BCUT2D eigenvalue weighted by Crippen LogP contribution is -2.46. The Labute approximate surface area is 255 Å². The Bertz CT molecular complexity index is 1390. The van der Waals surface area contributed by atoms with Crippen LogP contribution < -0.4 is 4.90 Å². The third-order valence-electron chi connectivity index (χ3n) is 8.46. The van der Waals surface area contributed by atoms with Crippen molar-refractivity contribution in [3.63, 3.8) is 0 Å². The van der Waals surface area contributed by atoms with Crippen LogP contribution in [0.2, 0.25) is 0 Å². The van der Waals surface area contributed by atoms with Crippen LogP contribution >= 0.6 is 22.6 Å². The molecule has 0 bridgehead atoms. The number of halogens is 1. The summed E-state index contributed by atoms with van der Waals surface area (Å²) in [6.45, 7) is 6.15. The van der Waals surface area contributed by atoms with Gasteiger partial charge in [-0.25, -0.2) is 0 Å². The van der Waals surface area contributed by atoms with E-state index in [9.17, 15) is 19.8 Å². The van der Waals surface area contributed by atoms with E-state index in [4.69, 9.17) is 4.74 Å². The van der Waals surface area contributed by atoms with E-state index in [2.05, 4.69) is 22.6 Å². The molecule has 4 atom stereocenters. The van der Waals surface area contributed by atoms with Gasteiger partial charge in [0, 0.05) is 34.1 Å². The molecule has 0 saturated carbocycles. The highest BCUT2D eigenvalue weighted by Crippen LogP contribution is 2.58. The van der Waals surface area contributed by atoms with Crippen LogP contribution in [0.25, 0.3) is 0 Å². The number of anilines is 1. The Morgan fingerprint density at radius 1 is 1.02 bits per heavy atom. The second kappa shape index (κ2) is 11.8. The molecule has 2 aliphatic rings. The predicted molar refractivity (Wildman–Crippen MR) is 166 cm³/mol. The van der Waals surface area contributed by atoms with Crippen molar-refractivity contribution in [3.8, 4) is 0 Å². The zero-order valence-electron chi connectivity index (χ0n) is 23.7. The summed E-state index contributed by atoms with van der Waals surface area (Å²) in [7, 11) is 0. The Kier molecular flexibility index (Phi) is 8.57. The van der Waals surface area contributed by atoms with Crippen LogP contribution in [0.3, 0.4) is 0 Å². The molecule has 216 valence electrons. The van der Waals surface area contributed by atoms with Crippen molar-refractivity contribution in [1.82, 2.24) is 4.90 Å². The van der Waals surface area contributed by atoms with E-state index in [0.717, 1.165) is 25.9 Å². The molecule has 2 amide bonds. The van der Waals surface area contributed by atoms with Crippen molar-refractivity contribution in [2.45, 2.75) is 57.6 Å². The van der Waals surface area contributed by atoms with Crippen molar-refractivity contribution in [2.75, 3.05) is 18.1 Å². The summed E-state index contributed by atoms with van der Waals surface area (Å²) in [6.07, 6.45) is -0.718. The van der Waals surface area contributed by atoms with Crippen LogP contribution in [0.15, 0.2) is 78.9 Å². The number of nitrogens with zero attached hydrogens (tertiary/aromatic N) is 2. The maximum absolute atomic E-state index is 14.4. The lowest BCUT2D eigenvalue weighted by molar-refractivity contribution is -0.150. The minimum atomic E-state index is -1.32. The Morgan fingerprint density at radius 3 is 2.34 bits per heavy atom. The third-order valence-corrected chi connectivity index (χ3v) is 9.18. The molecule has 2 heterocycles. The van der Waals surface area contributed by atoms with Gasteiger partial charge in [0.1, 0.15) is 0 Å². The molecule has 7 nitrogen and oxygen atoms in total. The van der Waals surface area contributed by atoms with Gasteiger partial charge in [0.05, 0.1) is 37.0 Å². The number of amides is 2. The van der Waals surface area contributed by atoms with Gasteiger partial charge in [-0.3, -0.25) is 9.59 Å². The van der Waals surface area contributed by atoms with Crippen molar-refractivity contribution >= 4 is 40.1 Å². The van der Waals surface area contributed by atoms with E-state index >= 15 is 0 Å². The highest BCUT2D eigenvalue weighted by atomic mass is 127. The standard InChI is InChI=1S/C33H37IN2O5/c1-22-30(32(2,3)40)28(19-29(38)35(17-18-37)20-23-9-5-4-6-10-23)41-33(22)26-11-7-8-12-27(26)36(31(33)39)21-24-13-15-25(34)16-14-24/h4-16,22,28,30,37,40H,17-21H2,1-3H3/t22-,28+,30-,33+/m0/s1. The number of fused-ring (bicyclic) bond motifs is 2. The SMILES string of the molecule is C[C@H]1[C@H](C(C)(C)O)[C@@H](CC(=O)N(CCO)Cc2ccccc2)O[C@]12C(=O)N(Cc1ccc(I)cc1)c1ccccc12. The molecular formula is C33H37IN2O5. The molecule has 1 fully saturated rings. The van der Waals surface area contributed by atoms with Crippen LogP contribution in [0.1, 0.15) is 43.9 Å². The minimum Gasteiger partial charge on any atom is -0.395 e. The van der Waals surface area contributed by atoms with Gasteiger partial charge in [-0.1, -0.05) is 67.6 Å².